The van der Waals surface area contributed by atoms with Gasteiger partial charge < -0.3 is 9.47 Å². The minimum absolute atomic E-state index is 0.433. The molecule has 0 rings (SSSR count). The summed E-state index contributed by atoms with van der Waals surface area (Å²) >= 11 is 0. The van der Waals surface area contributed by atoms with Gasteiger partial charge in [0.15, 0.2) is 0 Å². The maximum Gasteiger partial charge on any atom is 0.509 e. The Labute approximate surface area is 131 Å². The van der Waals surface area contributed by atoms with Crippen LogP contribution in [0.4, 0.5) is 4.79 Å². The standard InChI is InChI=1S/C18H34O3/c1-6-10-13-18(9-4,14-11-7-2)21-17(19)20-15-12-16(5)8-3/h9,16H,4,6-8,10-15H2,1-3,5H3. The SMILES string of the molecule is C=CC(CCCC)(CCCC)OC(=O)OCCC(C)CC. The molecule has 3 nitrogen and oxygen atoms in total. The van der Waals surface area contributed by atoms with Gasteiger partial charge in [0.2, 0.25) is 0 Å². The first kappa shape index (κ1) is 20.0. The van der Waals surface area contributed by atoms with Gasteiger partial charge in [0, 0.05) is 0 Å². The van der Waals surface area contributed by atoms with Gasteiger partial charge in [-0.15, -0.1) is 0 Å². The summed E-state index contributed by atoms with van der Waals surface area (Å²) in [5.41, 5.74) is -0.556. The number of unbranched alkanes of at least 4 members (excludes halogenated alkanes) is 2. The van der Waals surface area contributed by atoms with Crippen molar-refractivity contribution in [3.63, 3.8) is 0 Å². The third-order valence-electron chi connectivity index (χ3n) is 4.09. The molecule has 0 bridgehead atoms. The number of hydrogen-bond acceptors (Lipinski definition) is 3. The van der Waals surface area contributed by atoms with Crippen LogP contribution in [-0.4, -0.2) is 18.4 Å². The van der Waals surface area contributed by atoms with Crippen LogP contribution in [0.5, 0.6) is 0 Å². The normalized spacial score (nSPS) is 12.8. The monoisotopic (exact) mass is 298 g/mol. The van der Waals surface area contributed by atoms with Crippen molar-refractivity contribution in [2.75, 3.05) is 6.61 Å². The minimum Gasteiger partial charge on any atom is -0.434 e. The van der Waals surface area contributed by atoms with Gasteiger partial charge in [0.1, 0.15) is 5.60 Å². The molecule has 0 aliphatic heterocycles. The van der Waals surface area contributed by atoms with E-state index in [0.29, 0.717) is 12.5 Å². The second kappa shape index (κ2) is 11.6. The van der Waals surface area contributed by atoms with E-state index < -0.39 is 11.8 Å². The Balaban J connectivity index is 4.41. The second-order valence-electron chi connectivity index (χ2n) is 5.98. The van der Waals surface area contributed by atoms with E-state index in [4.69, 9.17) is 9.47 Å². The van der Waals surface area contributed by atoms with Crippen LogP contribution in [0.3, 0.4) is 0 Å². The molecule has 124 valence electrons. The fourth-order valence-corrected chi connectivity index (χ4v) is 2.17. The van der Waals surface area contributed by atoms with Gasteiger partial charge in [-0.05, 0) is 44.1 Å². The summed E-state index contributed by atoms with van der Waals surface area (Å²) in [6, 6.07) is 0. The molecular weight excluding hydrogens is 264 g/mol. The third kappa shape index (κ3) is 8.79. The lowest BCUT2D eigenvalue weighted by atomic mass is 9.91. The fraction of sp³-hybridized carbons (Fsp3) is 0.833. The molecular formula is C18H34O3. The van der Waals surface area contributed by atoms with Crippen molar-refractivity contribution in [1.82, 2.24) is 0 Å². The topological polar surface area (TPSA) is 35.5 Å². The van der Waals surface area contributed by atoms with Crippen molar-refractivity contribution in [3.05, 3.63) is 12.7 Å². The Hall–Kier alpha value is -0.990. The Morgan fingerprint density at radius 2 is 1.76 bits per heavy atom. The van der Waals surface area contributed by atoms with Gasteiger partial charge in [-0.2, -0.15) is 0 Å². The Morgan fingerprint density at radius 1 is 1.19 bits per heavy atom. The molecule has 0 aromatic carbocycles. The van der Waals surface area contributed by atoms with Crippen LogP contribution in [0, 0.1) is 5.92 Å². The lowest BCUT2D eigenvalue weighted by Crippen LogP contribution is -2.33. The predicted molar refractivity (Wildman–Crippen MR) is 88.5 cm³/mol. The van der Waals surface area contributed by atoms with Crippen LogP contribution < -0.4 is 0 Å². The third-order valence-corrected chi connectivity index (χ3v) is 4.09. The van der Waals surface area contributed by atoms with Crippen LogP contribution in [0.15, 0.2) is 12.7 Å². The zero-order valence-corrected chi connectivity index (χ0v) is 14.5. The highest BCUT2D eigenvalue weighted by molar-refractivity contribution is 5.60. The molecule has 0 radical (unpaired) electrons. The van der Waals surface area contributed by atoms with E-state index in [1.54, 1.807) is 6.08 Å². The number of carbonyl (C=O) groups excluding carboxylic acids is 1. The summed E-state index contributed by atoms with van der Waals surface area (Å²) in [6.45, 7) is 12.9. The molecule has 21 heavy (non-hydrogen) atoms. The number of ether oxygens (including phenoxy) is 2. The molecule has 0 saturated heterocycles. The highest BCUT2D eigenvalue weighted by Gasteiger charge is 2.30. The first-order chi connectivity index (χ1) is 10.0. The second-order valence-corrected chi connectivity index (χ2v) is 5.98. The molecule has 0 spiro atoms. The van der Waals surface area contributed by atoms with E-state index in [1.165, 1.54) is 0 Å². The molecule has 0 N–H and O–H groups in total. The maximum atomic E-state index is 11.9. The first-order valence-corrected chi connectivity index (χ1v) is 8.52. The summed E-state index contributed by atoms with van der Waals surface area (Å²) in [5.74, 6) is 0.571. The van der Waals surface area contributed by atoms with E-state index in [2.05, 4.69) is 34.3 Å². The summed E-state index contributed by atoms with van der Waals surface area (Å²) in [5, 5.41) is 0. The van der Waals surface area contributed by atoms with Crippen LogP contribution in [0.1, 0.15) is 79.1 Å². The summed E-state index contributed by atoms with van der Waals surface area (Å²) in [4.78, 5) is 11.9. The zero-order valence-electron chi connectivity index (χ0n) is 14.5. The molecule has 0 saturated carbocycles. The maximum absolute atomic E-state index is 11.9. The minimum atomic E-state index is -0.556. The van der Waals surface area contributed by atoms with Crippen molar-refractivity contribution < 1.29 is 14.3 Å². The van der Waals surface area contributed by atoms with Gasteiger partial charge in [-0.3, -0.25) is 0 Å². The van der Waals surface area contributed by atoms with Crippen molar-refractivity contribution in [2.45, 2.75) is 84.7 Å². The van der Waals surface area contributed by atoms with Crippen LogP contribution in [-0.2, 0) is 9.47 Å². The van der Waals surface area contributed by atoms with Gasteiger partial charge in [-0.25, -0.2) is 4.79 Å². The van der Waals surface area contributed by atoms with Crippen molar-refractivity contribution in [1.29, 1.82) is 0 Å². The lowest BCUT2D eigenvalue weighted by Gasteiger charge is -2.30. The molecule has 0 fully saturated rings. The van der Waals surface area contributed by atoms with Gasteiger partial charge in [0.25, 0.3) is 0 Å². The Kier molecular flexibility index (Phi) is 11.1. The first-order valence-electron chi connectivity index (χ1n) is 8.52. The summed E-state index contributed by atoms with van der Waals surface area (Å²) in [7, 11) is 0. The Morgan fingerprint density at radius 3 is 2.19 bits per heavy atom. The van der Waals surface area contributed by atoms with Gasteiger partial charge >= 0.3 is 6.16 Å². The molecule has 0 amide bonds. The van der Waals surface area contributed by atoms with Crippen LogP contribution in [0.2, 0.25) is 0 Å². The van der Waals surface area contributed by atoms with E-state index in [9.17, 15) is 4.79 Å². The number of rotatable bonds is 12. The Bertz CT molecular complexity index is 278. The highest BCUT2D eigenvalue weighted by atomic mass is 16.7. The molecule has 1 atom stereocenters. The molecule has 0 aromatic rings. The predicted octanol–water partition coefficient (Wildman–Crippen LogP) is 5.88. The molecule has 0 aliphatic carbocycles. The van der Waals surface area contributed by atoms with Crippen LogP contribution in [0.25, 0.3) is 0 Å². The molecule has 0 heterocycles. The van der Waals surface area contributed by atoms with Crippen molar-refractivity contribution in [3.8, 4) is 0 Å². The fourth-order valence-electron chi connectivity index (χ4n) is 2.17. The average molecular weight is 298 g/mol. The molecule has 1 unspecified atom stereocenters. The van der Waals surface area contributed by atoms with Gasteiger partial charge in [-0.1, -0.05) is 53.5 Å². The van der Waals surface area contributed by atoms with Crippen molar-refractivity contribution >= 4 is 6.16 Å². The van der Waals surface area contributed by atoms with E-state index >= 15 is 0 Å². The smallest absolute Gasteiger partial charge is 0.434 e. The molecule has 0 aliphatic rings. The number of hydrogen-bond donors (Lipinski definition) is 0. The summed E-state index contributed by atoms with van der Waals surface area (Å²) in [6.07, 6.45) is 9.08. The lowest BCUT2D eigenvalue weighted by molar-refractivity contribution is -0.0217. The van der Waals surface area contributed by atoms with Crippen LogP contribution >= 0.6 is 0 Å². The van der Waals surface area contributed by atoms with E-state index in [0.717, 1.165) is 51.4 Å². The average Bonchev–Trinajstić information content (AvgIpc) is 2.49. The zero-order chi connectivity index (χ0) is 16.1. The van der Waals surface area contributed by atoms with Crippen molar-refractivity contribution in [2.24, 2.45) is 5.92 Å². The largest absolute Gasteiger partial charge is 0.509 e. The highest BCUT2D eigenvalue weighted by Crippen LogP contribution is 2.28. The quantitative estimate of drug-likeness (QED) is 0.333. The van der Waals surface area contributed by atoms with Gasteiger partial charge in [0.05, 0.1) is 6.61 Å². The molecule has 3 heteroatoms. The summed E-state index contributed by atoms with van der Waals surface area (Å²) < 4.78 is 10.9. The number of carbonyl (C=O) groups is 1. The van der Waals surface area contributed by atoms with E-state index in [-0.39, 0.29) is 0 Å². The molecule has 0 aromatic heterocycles. The van der Waals surface area contributed by atoms with E-state index in [1.807, 2.05) is 0 Å².